The number of aromatic nitrogens is 2. The van der Waals surface area contributed by atoms with E-state index in [1.165, 1.54) is 0 Å². The van der Waals surface area contributed by atoms with Gasteiger partial charge in [-0.15, -0.1) is 10.2 Å². The molecular weight excluding hydrogens is 306 g/mol. The van der Waals surface area contributed by atoms with Crippen LogP contribution < -0.4 is 16.0 Å². The monoisotopic (exact) mass is 331 g/mol. The molecule has 0 spiro atoms. The molecule has 2 atom stereocenters. The number of carbonyl (C=O) groups is 1. The Bertz CT molecular complexity index is 477. The minimum atomic E-state index is -0.713. The SMILES string of the molecule is CC(C)NC(C)(CC(C)Sc1nnc(N(C)C)s1)C(N)=O. The Balaban J connectivity index is 2.69. The van der Waals surface area contributed by atoms with Crippen LogP contribution in [0, 0.1) is 0 Å². The molecular formula is C13H25N5OS2. The molecule has 0 saturated carbocycles. The van der Waals surface area contributed by atoms with Crippen LogP contribution in [0.4, 0.5) is 5.13 Å². The highest BCUT2D eigenvalue weighted by atomic mass is 32.2. The van der Waals surface area contributed by atoms with Crippen molar-refractivity contribution in [2.24, 2.45) is 5.73 Å². The van der Waals surface area contributed by atoms with Gasteiger partial charge in [-0.25, -0.2) is 0 Å². The van der Waals surface area contributed by atoms with Crippen molar-refractivity contribution in [3.05, 3.63) is 0 Å². The summed E-state index contributed by atoms with van der Waals surface area (Å²) in [5, 5.41) is 12.6. The molecule has 3 N–H and O–H groups in total. The molecule has 0 fully saturated rings. The highest BCUT2D eigenvalue weighted by Crippen LogP contribution is 2.33. The summed E-state index contributed by atoms with van der Waals surface area (Å²) in [6.45, 7) is 7.95. The number of nitrogens with one attached hydrogen (secondary N) is 1. The van der Waals surface area contributed by atoms with Gasteiger partial charge < -0.3 is 16.0 Å². The predicted molar refractivity (Wildman–Crippen MR) is 90.0 cm³/mol. The fraction of sp³-hybridized carbons (Fsp3) is 0.769. The first-order valence-electron chi connectivity index (χ1n) is 6.89. The Morgan fingerprint density at radius 3 is 2.48 bits per heavy atom. The molecule has 0 aromatic carbocycles. The standard InChI is InChI=1S/C13H25N5OS2/c1-8(2)15-13(4,10(14)19)7-9(3)20-12-17-16-11(21-12)18(5)6/h8-9,15H,7H2,1-6H3,(H2,14,19). The number of rotatable bonds is 8. The lowest BCUT2D eigenvalue weighted by Gasteiger charge is -2.31. The summed E-state index contributed by atoms with van der Waals surface area (Å²) in [5.41, 5.74) is 4.85. The summed E-state index contributed by atoms with van der Waals surface area (Å²) in [5.74, 6) is -0.324. The second-order valence-corrected chi connectivity index (χ2v) is 8.51. The van der Waals surface area contributed by atoms with Crippen molar-refractivity contribution >= 4 is 34.1 Å². The van der Waals surface area contributed by atoms with Crippen LogP contribution in [0.5, 0.6) is 0 Å². The van der Waals surface area contributed by atoms with Crippen LogP contribution in [-0.4, -0.2) is 47.0 Å². The molecule has 1 heterocycles. The van der Waals surface area contributed by atoms with E-state index >= 15 is 0 Å². The number of nitrogens with zero attached hydrogens (tertiary/aromatic N) is 3. The van der Waals surface area contributed by atoms with E-state index in [0.29, 0.717) is 6.42 Å². The van der Waals surface area contributed by atoms with Gasteiger partial charge in [0.25, 0.3) is 0 Å². The highest BCUT2D eigenvalue weighted by molar-refractivity contribution is 8.01. The van der Waals surface area contributed by atoms with Gasteiger partial charge in [0.1, 0.15) is 0 Å². The number of carbonyl (C=O) groups excluding carboxylic acids is 1. The number of hydrogen-bond donors (Lipinski definition) is 2. The van der Waals surface area contributed by atoms with E-state index in [1.807, 2.05) is 39.8 Å². The van der Waals surface area contributed by atoms with E-state index in [1.54, 1.807) is 23.1 Å². The maximum Gasteiger partial charge on any atom is 0.237 e. The molecule has 6 nitrogen and oxygen atoms in total. The third-order valence-corrected chi connectivity index (χ3v) is 5.20. The molecule has 8 heteroatoms. The number of primary amides is 1. The van der Waals surface area contributed by atoms with E-state index in [2.05, 4.69) is 22.4 Å². The fourth-order valence-electron chi connectivity index (χ4n) is 2.09. The summed E-state index contributed by atoms with van der Waals surface area (Å²) in [6, 6.07) is 0.196. The van der Waals surface area contributed by atoms with E-state index in [4.69, 9.17) is 5.73 Å². The second kappa shape index (κ2) is 7.42. The van der Waals surface area contributed by atoms with Crippen LogP contribution in [0.1, 0.15) is 34.1 Å². The molecule has 0 aliphatic heterocycles. The lowest BCUT2D eigenvalue weighted by Crippen LogP contribution is -2.56. The molecule has 1 aromatic heterocycles. The summed E-state index contributed by atoms with van der Waals surface area (Å²) >= 11 is 3.17. The normalized spacial score (nSPS) is 15.8. The van der Waals surface area contributed by atoms with Gasteiger partial charge in [-0.3, -0.25) is 4.79 Å². The van der Waals surface area contributed by atoms with Crippen molar-refractivity contribution in [3.63, 3.8) is 0 Å². The van der Waals surface area contributed by atoms with E-state index in [-0.39, 0.29) is 17.2 Å². The summed E-state index contributed by atoms with van der Waals surface area (Å²) < 4.78 is 0.905. The van der Waals surface area contributed by atoms with E-state index in [9.17, 15) is 4.79 Å². The molecule has 21 heavy (non-hydrogen) atoms. The third-order valence-electron chi connectivity index (χ3n) is 2.93. The van der Waals surface area contributed by atoms with Crippen LogP contribution in [-0.2, 0) is 4.79 Å². The largest absolute Gasteiger partial charge is 0.368 e. The van der Waals surface area contributed by atoms with Crippen molar-refractivity contribution in [1.29, 1.82) is 0 Å². The Kier molecular flexibility index (Phi) is 6.42. The maximum atomic E-state index is 11.8. The average Bonchev–Trinajstić information content (AvgIpc) is 2.75. The third kappa shape index (κ3) is 5.44. The second-order valence-electron chi connectivity index (χ2n) is 5.87. The van der Waals surface area contributed by atoms with Gasteiger partial charge in [0.2, 0.25) is 11.0 Å². The minimum Gasteiger partial charge on any atom is -0.368 e. The number of nitrogens with two attached hydrogens (primary N) is 1. The number of amides is 1. The number of anilines is 1. The van der Waals surface area contributed by atoms with E-state index < -0.39 is 5.54 Å². The van der Waals surface area contributed by atoms with Gasteiger partial charge in [-0.05, 0) is 27.2 Å². The molecule has 1 amide bonds. The Morgan fingerprint density at radius 2 is 2.05 bits per heavy atom. The topological polar surface area (TPSA) is 84.1 Å². The van der Waals surface area contributed by atoms with Crippen molar-refractivity contribution in [1.82, 2.24) is 15.5 Å². The zero-order valence-corrected chi connectivity index (χ0v) is 15.1. The van der Waals surface area contributed by atoms with E-state index in [0.717, 1.165) is 9.47 Å². The molecule has 0 saturated heterocycles. The van der Waals surface area contributed by atoms with Crippen LogP contribution in [0.25, 0.3) is 0 Å². The van der Waals surface area contributed by atoms with Crippen molar-refractivity contribution in [3.8, 4) is 0 Å². The Morgan fingerprint density at radius 1 is 1.43 bits per heavy atom. The van der Waals surface area contributed by atoms with Crippen LogP contribution in [0.2, 0.25) is 0 Å². The summed E-state index contributed by atoms with van der Waals surface area (Å²) in [4.78, 5) is 13.7. The zero-order valence-electron chi connectivity index (χ0n) is 13.5. The first-order valence-corrected chi connectivity index (χ1v) is 8.58. The predicted octanol–water partition coefficient (Wildman–Crippen LogP) is 1.72. The van der Waals surface area contributed by atoms with Gasteiger partial charge in [-0.2, -0.15) is 0 Å². The lowest BCUT2D eigenvalue weighted by molar-refractivity contribution is -0.124. The van der Waals surface area contributed by atoms with Crippen molar-refractivity contribution in [2.75, 3.05) is 19.0 Å². The Labute approximate surface area is 134 Å². The van der Waals surface area contributed by atoms with Crippen molar-refractivity contribution in [2.45, 2.75) is 55.3 Å². The van der Waals surface area contributed by atoms with Gasteiger partial charge in [0, 0.05) is 25.4 Å². The first kappa shape index (κ1) is 18.2. The molecule has 0 radical (unpaired) electrons. The average molecular weight is 332 g/mol. The molecule has 0 aliphatic rings. The lowest BCUT2D eigenvalue weighted by atomic mass is 9.94. The summed E-state index contributed by atoms with van der Waals surface area (Å²) in [6.07, 6.45) is 0.641. The van der Waals surface area contributed by atoms with Gasteiger partial charge in [0.15, 0.2) is 4.34 Å². The molecule has 120 valence electrons. The smallest absolute Gasteiger partial charge is 0.237 e. The van der Waals surface area contributed by atoms with Crippen LogP contribution in [0.15, 0.2) is 4.34 Å². The zero-order chi connectivity index (χ0) is 16.2. The quantitative estimate of drug-likeness (QED) is 0.706. The van der Waals surface area contributed by atoms with Gasteiger partial charge in [-0.1, -0.05) is 30.0 Å². The van der Waals surface area contributed by atoms with Crippen LogP contribution in [0.3, 0.4) is 0 Å². The molecule has 2 unspecified atom stereocenters. The number of hydrogen-bond acceptors (Lipinski definition) is 7. The fourth-order valence-corrected chi connectivity index (χ4v) is 4.35. The molecule has 0 aliphatic carbocycles. The first-order chi connectivity index (χ1) is 9.64. The van der Waals surface area contributed by atoms with Crippen molar-refractivity contribution < 1.29 is 4.79 Å². The maximum absolute atomic E-state index is 11.8. The van der Waals surface area contributed by atoms with Gasteiger partial charge >= 0.3 is 0 Å². The Hall–Kier alpha value is -0.860. The van der Waals surface area contributed by atoms with Gasteiger partial charge in [0.05, 0.1) is 5.54 Å². The van der Waals surface area contributed by atoms with Crippen LogP contribution >= 0.6 is 23.1 Å². The summed E-state index contributed by atoms with van der Waals surface area (Å²) in [7, 11) is 3.88. The molecule has 1 rings (SSSR count). The highest BCUT2D eigenvalue weighted by Gasteiger charge is 2.33. The minimum absolute atomic E-state index is 0.196. The molecule has 1 aromatic rings. The molecule has 0 bridgehead atoms. The number of thioether (sulfide) groups is 1.